The minimum absolute atomic E-state index is 0.350. The number of hydrogen-bond acceptors (Lipinski definition) is 2. The maximum atomic E-state index is 13.2. The van der Waals surface area contributed by atoms with Gasteiger partial charge >= 0.3 is 0 Å². The number of imidazole rings is 1. The third kappa shape index (κ3) is 0.777. The number of nitrogens with zero attached hydrogens (tertiary/aromatic N) is 2. The van der Waals surface area contributed by atoms with Crippen molar-refractivity contribution in [3.63, 3.8) is 0 Å². The quantitative estimate of drug-likeness (QED) is 0.640. The van der Waals surface area contributed by atoms with Crippen LogP contribution in [0.1, 0.15) is 5.69 Å². The lowest BCUT2D eigenvalue weighted by Crippen LogP contribution is -1.92. The number of aromatic nitrogens is 2. The van der Waals surface area contributed by atoms with Gasteiger partial charge in [0.2, 0.25) is 5.95 Å². The summed E-state index contributed by atoms with van der Waals surface area (Å²) in [5.41, 5.74) is 6.93. The van der Waals surface area contributed by atoms with E-state index in [0.717, 1.165) is 0 Å². The molecular weight excluding hydrogens is 157 g/mol. The molecule has 0 aliphatic carbocycles. The van der Waals surface area contributed by atoms with Crippen molar-refractivity contribution >= 4 is 11.3 Å². The summed E-state index contributed by atoms with van der Waals surface area (Å²) < 4.78 is 14.5. The molecule has 2 heterocycles. The normalized spacial score (nSPS) is 10.8. The number of hydrogen-bond donors (Lipinski definition) is 1. The zero-order valence-corrected chi connectivity index (χ0v) is 6.58. The molecular formula is C8H8FN3. The van der Waals surface area contributed by atoms with E-state index in [9.17, 15) is 4.39 Å². The molecule has 2 aromatic rings. The molecule has 0 spiro atoms. The topological polar surface area (TPSA) is 43.3 Å². The second-order valence-electron chi connectivity index (χ2n) is 2.65. The van der Waals surface area contributed by atoms with Gasteiger partial charge in [-0.25, -0.2) is 4.98 Å². The molecule has 0 bridgehead atoms. The van der Waals surface area contributed by atoms with E-state index in [1.165, 1.54) is 4.40 Å². The van der Waals surface area contributed by atoms with Gasteiger partial charge in [0.05, 0.1) is 11.4 Å². The maximum absolute atomic E-state index is 13.2. The molecule has 0 unspecified atom stereocenters. The Kier molecular flexibility index (Phi) is 1.30. The average Bonchev–Trinajstić information content (AvgIpc) is 2.32. The van der Waals surface area contributed by atoms with Crippen molar-refractivity contribution in [3.05, 3.63) is 30.0 Å². The first-order valence-corrected chi connectivity index (χ1v) is 3.59. The molecule has 0 fully saturated rings. The van der Waals surface area contributed by atoms with Crippen molar-refractivity contribution in [2.45, 2.75) is 6.92 Å². The SMILES string of the molecule is Cc1nc2c(N)cccn2c1F. The molecule has 0 amide bonds. The molecule has 2 rings (SSSR count). The summed E-state index contributed by atoms with van der Waals surface area (Å²) >= 11 is 0. The van der Waals surface area contributed by atoms with Gasteiger partial charge in [-0.2, -0.15) is 4.39 Å². The van der Waals surface area contributed by atoms with Gasteiger partial charge < -0.3 is 5.73 Å². The van der Waals surface area contributed by atoms with Crippen molar-refractivity contribution in [1.82, 2.24) is 9.38 Å². The second-order valence-corrected chi connectivity index (χ2v) is 2.65. The molecule has 0 atom stereocenters. The minimum Gasteiger partial charge on any atom is -0.396 e. The lowest BCUT2D eigenvalue weighted by Gasteiger charge is -1.95. The van der Waals surface area contributed by atoms with E-state index in [2.05, 4.69) is 4.98 Å². The summed E-state index contributed by atoms with van der Waals surface area (Å²) in [6, 6.07) is 3.38. The fourth-order valence-electron chi connectivity index (χ4n) is 1.17. The largest absolute Gasteiger partial charge is 0.396 e. The van der Waals surface area contributed by atoms with Gasteiger partial charge in [0.1, 0.15) is 0 Å². The van der Waals surface area contributed by atoms with Crippen LogP contribution >= 0.6 is 0 Å². The van der Waals surface area contributed by atoms with Gasteiger partial charge in [-0.15, -0.1) is 0 Å². The predicted molar refractivity (Wildman–Crippen MR) is 44.3 cm³/mol. The highest BCUT2D eigenvalue weighted by Crippen LogP contribution is 2.15. The molecule has 2 N–H and O–H groups in total. The van der Waals surface area contributed by atoms with Crippen molar-refractivity contribution < 1.29 is 4.39 Å². The van der Waals surface area contributed by atoms with Crippen LogP contribution in [-0.4, -0.2) is 9.38 Å². The Morgan fingerprint density at radius 1 is 1.58 bits per heavy atom. The highest BCUT2D eigenvalue weighted by Gasteiger charge is 2.08. The van der Waals surface area contributed by atoms with Gasteiger partial charge in [-0.05, 0) is 19.1 Å². The molecule has 0 aliphatic rings. The molecule has 62 valence electrons. The summed E-state index contributed by atoms with van der Waals surface area (Å²) in [4.78, 5) is 3.98. The van der Waals surface area contributed by atoms with Crippen molar-refractivity contribution in [1.29, 1.82) is 0 Å². The summed E-state index contributed by atoms with van der Waals surface area (Å²) in [7, 11) is 0. The Bertz CT molecular complexity index is 433. The summed E-state index contributed by atoms with van der Waals surface area (Å²) in [6.45, 7) is 1.61. The Hall–Kier alpha value is -1.58. The third-order valence-electron chi connectivity index (χ3n) is 1.78. The van der Waals surface area contributed by atoms with Crippen LogP contribution in [0, 0.1) is 12.9 Å². The number of halogens is 1. The van der Waals surface area contributed by atoms with Crippen molar-refractivity contribution in [3.8, 4) is 0 Å². The van der Waals surface area contributed by atoms with E-state index >= 15 is 0 Å². The Morgan fingerprint density at radius 3 is 3.00 bits per heavy atom. The molecule has 12 heavy (non-hydrogen) atoms. The smallest absolute Gasteiger partial charge is 0.220 e. The highest BCUT2D eigenvalue weighted by atomic mass is 19.1. The number of rotatable bonds is 0. The van der Waals surface area contributed by atoms with Gasteiger partial charge in [0.15, 0.2) is 5.65 Å². The number of aryl methyl sites for hydroxylation is 1. The first-order chi connectivity index (χ1) is 5.70. The van der Waals surface area contributed by atoms with E-state index in [-0.39, 0.29) is 5.95 Å². The molecule has 0 aromatic carbocycles. The average molecular weight is 165 g/mol. The zero-order valence-electron chi connectivity index (χ0n) is 6.58. The lowest BCUT2D eigenvalue weighted by atomic mass is 10.4. The molecule has 0 saturated carbocycles. The van der Waals surface area contributed by atoms with Crippen LogP contribution in [-0.2, 0) is 0 Å². The first-order valence-electron chi connectivity index (χ1n) is 3.59. The molecule has 0 saturated heterocycles. The first kappa shape index (κ1) is 7.09. The predicted octanol–water partition coefficient (Wildman–Crippen LogP) is 1.36. The van der Waals surface area contributed by atoms with Gasteiger partial charge in [-0.3, -0.25) is 4.40 Å². The van der Waals surface area contributed by atoms with Crippen LogP contribution in [0.15, 0.2) is 18.3 Å². The fourth-order valence-corrected chi connectivity index (χ4v) is 1.17. The number of nitrogens with two attached hydrogens (primary N) is 1. The molecule has 3 nitrogen and oxygen atoms in total. The van der Waals surface area contributed by atoms with E-state index in [1.807, 2.05) is 0 Å². The van der Waals surface area contributed by atoms with E-state index < -0.39 is 0 Å². The van der Waals surface area contributed by atoms with Crippen LogP contribution in [0.2, 0.25) is 0 Å². The summed E-state index contributed by atoms with van der Waals surface area (Å²) in [6.07, 6.45) is 1.60. The second kappa shape index (κ2) is 2.20. The van der Waals surface area contributed by atoms with E-state index in [1.54, 1.807) is 25.3 Å². The summed E-state index contributed by atoms with van der Waals surface area (Å²) in [5.74, 6) is -0.350. The number of pyridine rings is 1. The van der Waals surface area contributed by atoms with Crippen LogP contribution in [0.5, 0.6) is 0 Å². The number of fused-ring (bicyclic) bond motifs is 1. The lowest BCUT2D eigenvalue weighted by molar-refractivity contribution is 0.564. The fraction of sp³-hybridized carbons (Fsp3) is 0.125. The Labute approximate surface area is 68.6 Å². The standard InChI is InChI=1S/C8H8FN3/c1-5-7(9)12-4-2-3-6(10)8(12)11-5/h2-4H,10H2,1H3. The Balaban J connectivity index is 2.95. The zero-order chi connectivity index (χ0) is 8.72. The summed E-state index contributed by atoms with van der Waals surface area (Å²) in [5, 5.41) is 0. The van der Waals surface area contributed by atoms with Crippen molar-refractivity contribution in [2.24, 2.45) is 0 Å². The molecule has 0 radical (unpaired) electrons. The van der Waals surface area contributed by atoms with Gasteiger partial charge in [0, 0.05) is 6.20 Å². The van der Waals surface area contributed by atoms with Gasteiger partial charge in [-0.1, -0.05) is 0 Å². The molecule has 0 aliphatic heterocycles. The van der Waals surface area contributed by atoms with Crippen LogP contribution in [0.25, 0.3) is 5.65 Å². The van der Waals surface area contributed by atoms with Crippen LogP contribution < -0.4 is 5.73 Å². The van der Waals surface area contributed by atoms with Crippen LogP contribution in [0.3, 0.4) is 0 Å². The van der Waals surface area contributed by atoms with Gasteiger partial charge in [0.25, 0.3) is 0 Å². The maximum Gasteiger partial charge on any atom is 0.220 e. The highest BCUT2D eigenvalue weighted by molar-refractivity contribution is 5.64. The molecule has 2 aromatic heterocycles. The van der Waals surface area contributed by atoms with E-state index in [4.69, 9.17) is 5.73 Å². The number of nitrogen functional groups attached to an aromatic ring is 1. The van der Waals surface area contributed by atoms with Crippen LogP contribution in [0.4, 0.5) is 10.1 Å². The molecule has 4 heteroatoms. The number of anilines is 1. The third-order valence-corrected chi connectivity index (χ3v) is 1.78. The van der Waals surface area contributed by atoms with Crippen molar-refractivity contribution in [2.75, 3.05) is 5.73 Å². The Morgan fingerprint density at radius 2 is 2.33 bits per heavy atom. The minimum atomic E-state index is -0.350. The monoisotopic (exact) mass is 165 g/mol. The van der Waals surface area contributed by atoms with E-state index in [0.29, 0.717) is 17.0 Å².